The summed E-state index contributed by atoms with van der Waals surface area (Å²) in [5, 5.41) is 9.21. The lowest BCUT2D eigenvalue weighted by Gasteiger charge is -2.08. The van der Waals surface area contributed by atoms with E-state index in [9.17, 15) is 9.90 Å². The molecule has 1 N–H and O–H groups in total. The van der Waals surface area contributed by atoms with Crippen LogP contribution in [0.4, 0.5) is 0 Å². The van der Waals surface area contributed by atoms with E-state index < -0.39 is 5.97 Å². The van der Waals surface area contributed by atoms with Crippen LogP contribution in [0, 0.1) is 6.92 Å². The fourth-order valence-corrected chi connectivity index (χ4v) is 2.29. The number of aromatic nitrogens is 1. The van der Waals surface area contributed by atoms with Gasteiger partial charge in [0.1, 0.15) is 0 Å². The molecule has 0 radical (unpaired) electrons. The maximum Gasteiger partial charge on any atom is 0.337 e. The zero-order valence-corrected chi connectivity index (χ0v) is 10.8. The quantitative estimate of drug-likeness (QED) is 0.908. The lowest BCUT2D eigenvalue weighted by Crippen LogP contribution is -2.04. The Labute approximate surface area is 111 Å². The predicted molar refractivity (Wildman–Crippen MR) is 73.3 cm³/mol. The van der Waals surface area contributed by atoms with Crippen LogP contribution in [0.15, 0.2) is 36.4 Å². The molecule has 3 heteroatoms. The van der Waals surface area contributed by atoms with Gasteiger partial charge in [0.25, 0.3) is 0 Å². The largest absolute Gasteiger partial charge is 0.478 e. The number of rotatable bonds is 3. The average Bonchev–Trinajstić information content (AvgIpc) is 3.22. The number of aryl methyl sites for hydroxylation is 1. The SMILES string of the molecule is Cc1cccc(-c2ccc(C(=O)O)c(C3CC3)n2)c1. The number of carboxylic acid groups (broad SMARTS) is 1. The number of benzene rings is 1. The summed E-state index contributed by atoms with van der Waals surface area (Å²) in [5.41, 5.74) is 4.16. The maximum absolute atomic E-state index is 11.2. The van der Waals surface area contributed by atoms with Gasteiger partial charge in [-0.2, -0.15) is 0 Å². The topological polar surface area (TPSA) is 50.2 Å². The van der Waals surface area contributed by atoms with Gasteiger partial charge in [0.05, 0.1) is 17.0 Å². The minimum atomic E-state index is -0.884. The molecule has 0 bridgehead atoms. The lowest BCUT2D eigenvalue weighted by atomic mass is 10.0. The number of hydrogen-bond acceptors (Lipinski definition) is 2. The summed E-state index contributed by atoms with van der Waals surface area (Å²) in [5.74, 6) is -0.555. The first-order valence-electron chi connectivity index (χ1n) is 6.46. The standard InChI is InChI=1S/C16H15NO2/c1-10-3-2-4-12(9-10)14-8-7-13(16(18)19)15(17-14)11-5-6-11/h2-4,7-9,11H,5-6H2,1H3,(H,18,19). The van der Waals surface area contributed by atoms with Crippen LogP contribution in [0.2, 0.25) is 0 Å². The third kappa shape index (κ3) is 2.36. The molecule has 3 nitrogen and oxygen atoms in total. The van der Waals surface area contributed by atoms with Crippen molar-refractivity contribution in [3.05, 3.63) is 53.2 Å². The summed E-state index contributed by atoms with van der Waals surface area (Å²) in [6, 6.07) is 11.6. The predicted octanol–water partition coefficient (Wildman–Crippen LogP) is 3.63. The number of carbonyl (C=O) groups is 1. The van der Waals surface area contributed by atoms with E-state index in [1.807, 2.05) is 25.1 Å². The molecule has 0 atom stereocenters. The zero-order valence-electron chi connectivity index (χ0n) is 10.8. The molecule has 1 heterocycles. The Kier molecular flexibility index (Phi) is 2.82. The first kappa shape index (κ1) is 11.9. The average molecular weight is 253 g/mol. The van der Waals surface area contributed by atoms with Gasteiger partial charge in [0, 0.05) is 11.5 Å². The second kappa shape index (κ2) is 4.50. The third-order valence-corrected chi connectivity index (χ3v) is 3.43. The van der Waals surface area contributed by atoms with Crippen LogP contribution >= 0.6 is 0 Å². The van der Waals surface area contributed by atoms with Crippen LogP contribution in [-0.4, -0.2) is 16.1 Å². The Balaban J connectivity index is 2.08. The van der Waals surface area contributed by atoms with Crippen molar-refractivity contribution < 1.29 is 9.90 Å². The first-order valence-corrected chi connectivity index (χ1v) is 6.46. The maximum atomic E-state index is 11.2. The normalized spacial score (nSPS) is 14.4. The van der Waals surface area contributed by atoms with Crippen molar-refractivity contribution in [3.8, 4) is 11.3 Å². The Hall–Kier alpha value is -2.16. The van der Waals surface area contributed by atoms with Crippen LogP contribution in [0.1, 0.15) is 40.4 Å². The van der Waals surface area contributed by atoms with E-state index in [0.717, 1.165) is 29.8 Å². The van der Waals surface area contributed by atoms with Crippen molar-refractivity contribution in [1.29, 1.82) is 0 Å². The van der Waals surface area contributed by atoms with E-state index >= 15 is 0 Å². The van der Waals surface area contributed by atoms with Gasteiger partial charge >= 0.3 is 5.97 Å². The number of pyridine rings is 1. The summed E-state index contributed by atoms with van der Waals surface area (Å²) in [6.07, 6.45) is 2.09. The smallest absolute Gasteiger partial charge is 0.337 e. The van der Waals surface area contributed by atoms with E-state index in [0.29, 0.717) is 11.5 Å². The minimum absolute atomic E-state index is 0.329. The third-order valence-electron chi connectivity index (χ3n) is 3.43. The molecule has 0 spiro atoms. The lowest BCUT2D eigenvalue weighted by molar-refractivity contribution is 0.0695. The Morgan fingerprint density at radius 3 is 2.68 bits per heavy atom. The highest BCUT2D eigenvalue weighted by Gasteiger charge is 2.30. The molecule has 1 fully saturated rings. The van der Waals surface area contributed by atoms with Gasteiger partial charge in [0.15, 0.2) is 0 Å². The molecular formula is C16H15NO2. The van der Waals surface area contributed by atoms with E-state index in [1.165, 1.54) is 5.56 Å². The minimum Gasteiger partial charge on any atom is -0.478 e. The summed E-state index contributed by atoms with van der Waals surface area (Å²) in [4.78, 5) is 15.8. The van der Waals surface area contributed by atoms with Crippen LogP contribution in [0.5, 0.6) is 0 Å². The Morgan fingerprint density at radius 1 is 1.26 bits per heavy atom. The van der Waals surface area contributed by atoms with E-state index in [4.69, 9.17) is 0 Å². The van der Waals surface area contributed by atoms with Crippen molar-refractivity contribution in [2.45, 2.75) is 25.7 Å². The van der Waals surface area contributed by atoms with Gasteiger partial charge in [-0.1, -0.05) is 23.8 Å². The highest BCUT2D eigenvalue weighted by atomic mass is 16.4. The van der Waals surface area contributed by atoms with Crippen molar-refractivity contribution >= 4 is 5.97 Å². The second-order valence-electron chi connectivity index (χ2n) is 5.08. The van der Waals surface area contributed by atoms with E-state index in [2.05, 4.69) is 11.1 Å². The van der Waals surface area contributed by atoms with Crippen LogP contribution in [0.25, 0.3) is 11.3 Å². The Bertz CT molecular complexity index is 645. The van der Waals surface area contributed by atoms with Gasteiger partial charge in [-0.3, -0.25) is 4.98 Å². The Morgan fingerprint density at radius 2 is 2.05 bits per heavy atom. The fourth-order valence-electron chi connectivity index (χ4n) is 2.29. The molecule has 1 aromatic carbocycles. The molecule has 2 aromatic rings. The molecule has 1 aliphatic carbocycles. The molecule has 0 aliphatic heterocycles. The van der Waals surface area contributed by atoms with Crippen molar-refractivity contribution in [1.82, 2.24) is 4.98 Å². The van der Waals surface area contributed by atoms with Crippen molar-refractivity contribution in [2.24, 2.45) is 0 Å². The van der Waals surface area contributed by atoms with E-state index in [1.54, 1.807) is 12.1 Å². The van der Waals surface area contributed by atoms with Gasteiger partial charge in [-0.25, -0.2) is 4.79 Å². The van der Waals surface area contributed by atoms with Gasteiger partial charge in [0.2, 0.25) is 0 Å². The number of nitrogens with zero attached hydrogens (tertiary/aromatic N) is 1. The highest BCUT2D eigenvalue weighted by molar-refractivity contribution is 5.89. The summed E-state index contributed by atoms with van der Waals surface area (Å²) >= 11 is 0. The number of carboxylic acids is 1. The van der Waals surface area contributed by atoms with Crippen molar-refractivity contribution in [2.75, 3.05) is 0 Å². The molecule has 1 aliphatic rings. The fraction of sp³-hybridized carbons (Fsp3) is 0.250. The molecule has 96 valence electrons. The molecular weight excluding hydrogens is 238 g/mol. The number of hydrogen-bond donors (Lipinski definition) is 1. The molecule has 0 saturated heterocycles. The second-order valence-corrected chi connectivity index (χ2v) is 5.08. The summed E-state index contributed by atoms with van der Waals surface area (Å²) < 4.78 is 0. The van der Waals surface area contributed by atoms with Gasteiger partial charge in [-0.15, -0.1) is 0 Å². The van der Waals surface area contributed by atoms with Gasteiger partial charge in [-0.05, 0) is 38.0 Å². The highest BCUT2D eigenvalue weighted by Crippen LogP contribution is 2.41. The zero-order chi connectivity index (χ0) is 13.4. The summed E-state index contributed by atoms with van der Waals surface area (Å²) in [6.45, 7) is 2.04. The summed E-state index contributed by atoms with van der Waals surface area (Å²) in [7, 11) is 0. The van der Waals surface area contributed by atoms with Crippen LogP contribution < -0.4 is 0 Å². The molecule has 1 saturated carbocycles. The monoisotopic (exact) mass is 253 g/mol. The molecule has 3 rings (SSSR count). The van der Waals surface area contributed by atoms with E-state index in [-0.39, 0.29) is 0 Å². The first-order chi connectivity index (χ1) is 9.15. The van der Waals surface area contributed by atoms with Crippen molar-refractivity contribution in [3.63, 3.8) is 0 Å². The van der Waals surface area contributed by atoms with Crippen LogP contribution in [0.3, 0.4) is 0 Å². The van der Waals surface area contributed by atoms with Gasteiger partial charge < -0.3 is 5.11 Å². The van der Waals surface area contributed by atoms with Crippen LogP contribution in [-0.2, 0) is 0 Å². The molecule has 1 aromatic heterocycles. The molecule has 0 amide bonds. The number of aromatic carboxylic acids is 1. The molecule has 0 unspecified atom stereocenters. The molecule has 19 heavy (non-hydrogen) atoms.